The van der Waals surface area contributed by atoms with E-state index in [1.807, 2.05) is 0 Å². The molecule has 114 valence electrons. The van der Waals surface area contributed by atoms with Gasteiger partial charge >= 0.3 is 20.3 Å². The minimum atomic E-state index is -5.29. The Bertz CT molecular complexity index is 525. The van der Waals surface area contributed by atoms with E-state index in [2.05, 4.69) is 0 Å². The summed E-state index contributed by atoms with van der Waals surface area (Å²) in [4.78, 5) is 37.4. The van der Waals surface area contributed by atoms with Gasteiger partial charge in [-0.25, -0.2) is 0 Å². The Labute approximate surface area is 115 Å². The van der Waals surface area contributed by atoms with Gasteiger partial charge in [-0.3, -0.25) is 9.13 Å². The van der Waals surface area contributed by atoms with Gasteiger partial charge in [0, 0.05) is 6.42 Å². The molecule has 0 fully saturated rings. The average molecular weight is 325 g/mol. The second-order valence-electron chi connectivity index (χ2n) is 4.28. The molecule has 0 aromatic heterocycles. The molecule has 0 aliphatic heterocycles. The van der Waals surface area contributed by atoms with Crippen LogP contribution in [-0.2, 0) is 9.13 Å². The summed E-state index contributed by atoms with van der Waals surface area (Å²) < 4.78 is 28.2. The van der Waals surface area contributed by atoms with E-state index in [0.29, 0.717) is 0 Å². The van der Waals surface area contributed by atoms with Crippen LogP contribution in [0.3, 0.4) is 0 Å². The number of ether oxygens (including phenoxy) is 1. The smallest absolute Gasteiger partial charge is 0.381 e. The lowest BCUT2D eigenvalue weighted by molar-refractivity contribution is 0.146. The summed E-state index contributed by atoms with van der Waals surface area (Å²) in [7, 11) is -10.6. The van der Waals surface area contributed by atoms with Gasteiger partial charge in [0.05, 0.1) is 0 Å². The van der Waals surface area contributed by atoms with Crippen molar-refractivity contribution in [3.63, 3.8) is 0 Å². The number of hydrogen-bond acceptors (Lipinski definition) is 4. The molecule has 0 radical (unpaired) electrons. The van der Waals surface area contributed by atoms with Gasteiger partial charge in [-0.1, -0.05) is 17.7 Å². The number of benzene rings is 1. The Kier molecular flexibility index (Phi) is 5.16. The van der Waals surface area contributed by atoms with Crippen molar-refractivity contribution in [2.45, 2.75) is 18.4 Å². The van der Waals surface area contributed by atoms with Crippen molar-refractivity contribution in [3.05, 3.63) is 29.8 Å². The summed E-state index contributed by atoms with van der Waals surface area (Å²) in [5, 5.41) is -2.97. The van der Waals surface area contributed by atoms with E-state index >= 15 is 0 Å². The largest absolute Gasteiger partial charge is 0.462 e. The van der Waals surface area contributed by atoms with Gasteiger partial charge in [0.15, 0.2) is 0 Å². The first-order valence-electron chi connectivity index (χ1n) is 5.60. The summed E-state index contributed by atoms with van der Waals surface area (Å²) in [6, 6.07) is 5.90. The van der Waals surface area contributed by atoms with Gasteiger partial charge in [0.25, 0.3) is 0 Å². The molecular weight excluding hydrogens is 308 g/mol. The zero-order chi connectivity index (χ0) is 15.6. The topological polar surface area (TPSA) is 150 Å². The molecule has 8 nitrogen and oxygen atoms in total. The molecule has 0 unspecified atom stereocenters. The van der Waals surface area contributed by atoms with E-state index in [-0.39, 0.29) is 12.3 Å². The average Bonchev–Trinajstić information content (AvgIpc) is 2.28. The maximum atomic E-state index is 11.6. The Morgan fingerprint density at radius 1 is 1.10 bits per heavy atom. The highest BCUT2D eigenvalue weighted by atomic mass is 31.2. The minimum Gasteiger partial charge on any atom is -0.462 e. The molecule has 0 saturated carbocycles. The fourth-order valence-corrected chi connectivity index (χ4v) is 4.26. The summed E-state index contributed by atoms with van der Waals surface area (Å²) in [5.74, 6) is -0.0595. The predicted molar refractivity (Wildman–Crippen MR) is 72.3 cm³/mol. The lowest BCUT2D eigenvalue weighted by atomic mass is 10.2. The number of aryl methyl sites for hydroxylation is 1. The summed E-state index contributed by atoms with van der Waals surface area (Å²) in [6.07, 6.45) is -0.685. The first kappa shape index (κ1) is 17.3. The van der Waals surface area contributed by atoms with Crippen molar-refractivity contribution in [1.82, 2.24) is 0 Å². The van der Waals surface area contributed by atoms with Crippen molar-refractivity contribution in [3.8, 4) is 5.75 Å². The zero-order valence-corrected chi connectivity index (χ0v) is 12.5. The van der Waals surface area contributed by atoms with Gasteiger partial charge < -0.3 is 30.0 Å². The van der Waals surface area contributed by atoms with Gasteiger partial charge in [-0.15, -0.1) is 0 Å². The van der Waals surface area contributed by atoms with Crippen LogP contribution in [0.5, 0.6) is 5.75 Å². The maximum Gasteiger partial charge on any atom is 0.381 e. The highest BCUT2D eigenvalue weighted by Gasteiger charge is 2.62. The molecule has 0 saturated heterocycles. The van der Waals surface area contributed by atoms with Crippen LogP contribution in [0.15, 0.2) is 24.3 Å². The van der Waals surface area contributed by atoms with E-state index in [9.17, 15) is 28.7 Å². The molecule has 1 rings (SSSR count). The van der Waals surface area contributed by atoms with Gasteiger partial charge in [0.1, 0.15) is 5.75 Å². The van der Waals surface area contributed by atoms with Crippen molar-refractivity contribution in [2.24, 2.45) is 5.73 Å². The minimum absolute atomic E-state index is 0.0595. The Hall–Kier alpha value is -0.720. The van der Waals surface area contributed by atoms with Crippen LogP contribution < -0.4 is 10.5 Å². The highest BCUT2D eigenvalue weighted by molar-refractivity contribution is 7.72. The SMILES string of the molecule is Cc1ccc(OC(CCN)(P(=O)(O)O)P(=O)(O)O)cc1. The Morgan fingerprint density at radius 2 is 1.55 bits per heavy atom. The summed E-state index contributed by atoms with van der Waals surface area (Å²) >= 11 is 0. The molecule has 0 atom stereocenters. The fourth-order valence-electron chi connectivity index (χ4n) is 1.61. The first-order valence-corrected chi connectivity index (χ1v) is 8.83. The molecule has 0 spiro atoms. The van der Waals surface area contributed by atoms with E-state index < -0.39 is 26.7 Å². The van der Waals surface area contributed by atoms with Gasteiger partial charge in [-0.2, -0.15) is 0 Å². The molecule has 1 aromatic rings. The van der Waals surface area contributed by atoms with Crippen LogP contribution in [0.2, 0.25) is 0 Å². The van der Waals surface area contributed by atoms with Crippen molar-refractivity contribution in [1.29, 1.82) is 0 Å². The van der Waals surface area contributed by atoms with E-state index in [0.717, 1.165) is 5.56 Å². The second-order valence-corrected chi connectivity index (χ2v) is 8.26. The molecular formula is C10H17NO7P2. The predicted octanol–water partition coefficient (Wildman–Crippen LogP) is 0.732. The molecule has 0 aliphatic carbocycles. The van der Waals surface area contributed by atoms with E-state index in [1.54, 1.807) is 19.1 Å². The zero-order valence-electron chi connectivity index (χ0n) is 10.7. The molecule has 20 heavy (non-hydrogen) atoms. The first-order chi connectivity index (χ1) is 9.03. The van der Waals surface area contributed by atoms with Crippen LogP contribution in [0.4, 0.5) is 0 Å². The fraction of sp³-hybridized carbons (Fsp3) is 0.400. The third kappa shape index (κ3) is 3.48. The molecule has 10 heteroatoms. The number of nitrogens with two attached hydrogens (primary N) is 1. The maximum absolute atomic E-state index is 11.6. The molecule has 0 heterocycles. The third-order valence-corrected chi connectivity index (χ3v) is 6.70. The number of rotatable bonds is 6. The van der Waals surface area contributed by atoms with Crippen LogP contribution >= 0.6 is 15.2 Å². The van der Waals surface area contributed by atoms with Crippen LogP contribution in [0, 0.1) is 6.92 Å². The van der Waals surface area contributed by atoms with Gasteiger partial charge in [-0.05, 0) is 25.6 Å². The third-order valence-electron chi connectivity index (χ3n) is 2.68. The molecule has 1 aromatic carbocycles. The molecule has 0 aliphatic rings. The quantitative estimate of drug-likeness (QED) is 0.480. The normalized spacial score (nSPS) is 13.3. The van der Waals surface area contributed by atoms with Crippen LogP contribution in [-0.4, -0.2) is 31.2 Å². The standard InChI is InChI=1S/C10H17NO7P2/c1-8-2-4-9(5-3-8)18-10(6-7-11,19(12,13)14)20(15,16)17/h2-5H,6-7,11H2,1H3,(H2,12,13,14)(H2,15,16,17). The Morgan fingerprint density at radius 3 is 1.90 bits per heavy atom. The van der Waals surface area contributed by atoms with Crippen LogP contribution in [0.1, 0.15) is 12.0 Å². The van der Waals surface area contributed by atoms with E-state index in [4.69, 9.17) is 10.5 Å². The summed E-state index contributed by atoms with van der Waals surface area (Å²) in [6.45, 7) is 1.42. The Balaban J connectivity index is 3.33. The van der Waals surface area contributed by atoms with Gasteiger partial charge in [0.2, 0.25) is 0 Å². The lowest BCUT2D eigenvalue weighted by Crippen LogP contribution is -2.38. The summed E-state index contributed by atoms with van der Waals surface area (Å²) in [5.41, 5.74) is 6.07. The molecule has 0 amide bonds. The lowest BCUT2D eigenvalue weighted by Gasteiger charge is -2.34. The van der Waals surface area contributed by atoms with Crippen molar-refractivity contribution < 1.29 is 33.4 Å². The van der Waals surface area contributed by atoms with E-state index in [1.165, 1.54) is 12.1 Å². The van der Waals surface area contributed by atoms with Crippen molar-refractivity contribution >= 4 is 15.2 Å². The van der Waals surface area contributed by atoms with Crippen LogP contribution in [0.25, 0.3) is 0 Å². The second kappa shape index (κ2) is 5.95. The monoisotopic (exact) mass is 325 g/mol. The number of hydrogen-bond donors (Lipinski definition) is 5. The molecule has 0 bridgehead atoms. The highest BCUT2D eigenvalue weighted by Crippen LogP contribution is 2.70. The van der Waals surface area contributed by atoms with Crippen molar-refractivity contribution in [2.75, 3.05) is 6.54 Å². The molecule has 6 N–H and O–H groups in total.